The van der Waals surface area contributed by atoms with E-state index in [1.807, 2.05) is 21.1 Å². The number of rotatable bonds is 74. The van der Waals surface area contributed by atoms with E-state index in [-0.39, 0.29) is 38.2 Å². The first-order chi connectivity index (χ1) is 46.6. The number of ether oxygens (including phenoxy) is 4. The lowest BCUT2D eigenvalue weighted by Gasteiger charge is -2.25. The number of nitrogens with zero attached hydrogens (tertiary/aromatic N) is 1. The zero-order valence-electron chi connectivity index (χ0n) is 62.8. The van der Waals surface area contributed by atoms with Gasteiger partial charge < -0.3 is 28.5 Å². The molecule has 0 saturated heterocycles. The predicted octanol–water partition coefficient (Wildman–Crippen LogP) is 25.7. The summed E-state index contributed by atoms with van der Waals surface area (Å²) in [6, 6.07) is 0. The number of likely N-dealkylation sites (N-methyl/N-ethyl adjacent to an activating group) is 1. The standard InChI is InChI=1S/C86H151NO8/c1-6-8-10-12-14-16-18-20-22-24-26-28-30-32-34-36-37-38-39-40-41-42-43-44-45-46-47-49-51-53-55-57-59-61-63-65-67-69-71-73-75-77-84(89)95-82(81-94-86(85(90)91)92-79-78-87(3,4)5)80-93-83(88)76-74-72-70-68-66-64-62-60-58-56-54-52-50-48-35-33-31-29-27-25-23-21-19-17-15-13-11-9-7-2/h8,10,14,16,19-22,25-28,32,34,37-38,40-41,82,86H,6-7,9,11-13,15,17-18,23-24,29-31,33,35-36,39,42-81H2,1-5H3/p+1/b10-8-,16-14-,21-19-,22-20-,27-25-,28-26-,34-32-,38-37-,41-40-. The van der Waals surface area contributed by atoms with Gasteiger partial charge in [-0.3, -0.25) is 9.59 Å². The molecule has 0 spiro atoms. The number of carbonyl (C=O) groups is 3. The number of quaternary nitrogens is 1. The van der Waals surface area contributed by atoms with Gasteiger partial charge in [0.25, 0.3) is 6.29 Å². The van der Waals surface area contributed by atoms with E-state index in [4.69, 9.17) is 18.9 Å². The molecule has 0 radical (unpaired) electrons. The van der Waals surface area contributed by atoms with E-state index in [0.29, 0.717) is 17.4 Å². The molecule has 0 aromatic carbocycles. The number of carboxylic acid groups (broad SMARTS) is 1. The summed E-state index contributed by atoms with van der Waals surface area (Å²) < 4.78 is 23.1. The summed E-state index contributed by atoms with van der Waals surface area (Å²) in [6.45, 7) is 4.80. The minimum absolute atomic E-state index is 0.181. The van der Waals surface area contributed by atoms with Gasteiger partial charge in [-0.05, 0) is 103 Å². The van der Waals surface area contributed by atoms with Crippen LogP contribution in [-0.4, -0.2) is 87.4 Å². The number of aliphatic carboxylic acids is 1. The second kappa shape index (κ2) is 75.7. The maximum Gasteiger partial charge on any atom is 0.361 e. The van der Waals surface area contributed by atoms with E-state index in [1.165, 1.54) is 244 Å². The summed E-state index contributed by atoms with van der Waals surface area (Å²) >= 11 is 0. The molecule has 95 heavy (non-hydrogen) atoms. The average Bonchev–Trinajstić information content (AvgIpc) is 3.54. The number of carboxylic acids is 1. The zero-order valence-corrected chi connectivity index (χ0v) is 62.8. The summed E-state index contributed by atoms with van der Waals surface area (Å²) in [5, 5.41) is 9.77. The fourth-order valence-corrected chi connectivity index (χ4v) is 11.4. The molecule has 0 aliphatic heterocycles. The van der Waals surface area contributed by atoms with Crippen LogP contribution in [0, 0.1) is 0 Å². The molecule has 1 N–H and O–H groups in total. The number of carbonyl (C=O) groups excluding carboxylic acids is 2. The molecule has 2 unspecified atom stereocenters. The average molecular weight is 1330 g/mol. The summed E-state index contributed by atoms with van der Waals surface area (Å²) in [5.41, 5.74) is 0. The van der Waals surface area contributed by atoms with Gasteiger partial charge in [0, 0.05) is 12.8 Å². The van der Waals surface area contributed by atoms with Gasteiger partial charge in [0.2, 0.25) is 0 Å². The number of allylic oxidation sites excluding steroid dienone is 18. The van der Waals surface area contributed by atoms with Crippen molar-refractivity contribution in [3.05, 3.63) is 109 Å². The minimum Gasteiger partial charge on any atom is -0.477 e. The first-order valence-electron chi connectivity index (χ1n) is 40.1. The smallest absolute Gasteiger partial charge is 0.361 e. The van der Waals surface area contributed by atoms with Crippen molar-refractivity contribution in [3.8, 4) is 0 Å². The van der Waals surface area contributed by atoms with Crippen molar-refractivity contribution in [2.24, 2.45) is 0 Å². The second-order valence-corrected chi connectivity index (χ2v) is 28.0. The van der Waals surface area contributed by atoms with Crippen LogP contribution < -0.4 is 0 Å². The molecule has 0 heterocycles. The number of hydrogen-bond acceptors (Lipinski definition) is 7. The monoisotopic (exact) mass is 1330 g/mol. The van der Waals surface area contributed by atoms with Gasteiger partial charge in [-0.25, -0.2) is 4.79 Å². The predicted molar refractivity (Wildman–Crippen MR) is 410 cm³/mol. The molecule has 0 fully saturated rings. The molecule has 0 aliphatic carbocycles. The van der Waals surface area contributed by atoms with Crippen molar-refractivity contribution in [1.82, 2.24) is 0 Å². The third-order valence-corrected chi connectivity index (χ3v) is 17.5. The number of hydrogen-bond donors (Lipinski definition) is 1. The molecule has 548 valence electrons. The Kier molecular flexibility index (Phi) is 72.5. The molecule has 9 heteroatoms. The molecule has 0 aliphatic rings. The second-order valence-electron chi connectivity index (χ2n) is 28.0. The first-order valence-corrected chi connectivity index (χ1v) is 40.1. The molecule has 0 bridgehead atoms. The van der Waals surface area contributed by atoms with Gasteiger partial charge in [-0.15, -0.1) is 0 Å². The molecule has 0 aromatic rings. The van der Waals surface area contributed by atoms with Crippen LogP contribution in [0.3, 0.4) is 0 Å². The Morgan fingerprint density at radius 3 is 0.895 bits per heavy atom. The van der Waals surface area contributed by atoms with Crippen LogP contribution in [0.25, 0.3) is 0 Å². The van der Waals surface area contributed by atoms with Gasteiger partial charge >= 0.3 is 17.9 Å². The van der Waals surface area contributed by atoms with Crippen molar-refractivity contribution in [1.29, 1.82) is 0 Å². The van der Waals surface area contributed by atoms with Crippen LogP contribution in [0.2, 0.25) is 0 Å². The van der Waals surface area contributed by atoms with Crippen molar-refractivity contribution in [3.63, 3.8) is 0 Å². The maximum atomic E-state index is 13.0. The molecule has 0 saturated carbocycles. The first kappa shape index (κ1) is 91.0. The minimum atomic E-state index is -1.51. The largest absolute Gasteiger partial charge is 0.477 e. The van der Waals surface area contributed by atoms with Crippen LogP contribution in [0.1, 0.15) is 361 Å². The Bertz CT molecular complexity index is 1930. The maximum absolute atomic E-state index is 13.0. The van der Waals surface area contributed by atoms with Crippen LogP contribution in [0.15, 0.2) is 109 Å². The van der Waals surface area contributed by atoms with Gasteiger partial charge in [0.1, 0.15) is 13.2 Å². The lowest BCUT2D eigenvalue weighted by molar-refractivity contribution is -0.870. The third-order valence-electron chi connectivity index (χ3n) is 17.5. The highest BCUT2D eigenvalue weighted by Gasteiger charge is 2.25. The Morgan fingerprint density at radius 1 is 0.326 bits per heavy atom. The molecule has 0 aromatic heterocycles. The lowest BCUT2D eigenvalue weighted by atomic mass is 10.0. The molecule has 2 atom stereocenters. The van der Waals surface area contributed by atoms with Gasteiger partial charge in [0.05, 0.1) is 34.4 Å². The molecular formula is C86H152NO8+. The van der Waals surface area contributed by atoms with Crippen LogP contribution >= 0.6 is 0 Å². The van der Waals surface area contributed by atoms with E-state index in [1.54, 1.807) is 0 Å². The van der Waals surface area contributed by atoms with Gasteiger partial charge in [0.15, 0.2) is 6.10 Å². The lowest BCUT2D eigenvalue weighted by Crippen LogP contribution is -2.40. The van der Waals surface area contributed by atoms with E-state index in [0.717, 1.165) is 89.9 Å². The Balaban J connectivity index is 4.00. The number of unbranched alkanes of at least 4 members (excludes halogenated alkanes) is 41. The fraction of sp³-hybridized carbons (Fsp3) is 0.756. The van der Waals surface area contributed by atoms with E-state index < -0.39 is 18.4 Å². The normalized spacial score (nSPS) is 13.2. The van der Waals surface area contributed by atoms with E-state index in [9.17, 15) is 19.5 Å². The Labute approximate surface area is 587 Å². The third kappa shape index (κ3) is 77.2. The highest BCUT2D eigenvalue weighted by atomic mass is 16.7. The van der Waals surface area contributed by atoms with E-state index in [2.05, 4.69) is 123 Å². The summed E-state index contributed by atoms with van der Waals surface area (Å²) in [4.78, 5) is 37.7. The van der Waals surface area contributed by atoms with E-state index >= 15 is 0 Å². The van der Waals surface area contributed by atoms with Gasteiger partial charge in [-0.2, -0.15) is 0 Å². The van der Waals surface area contributed by atoms with Crippen molar-refractivity contribution in [2.45, 2.75) is 373 Å². The quantitative estimate of drug-likeness (QED) is 0.0211. The Morgan fingerprint density at radius 2 is 0.600 bits per heavy atom. The molecule has 0 amide bonds. The SMILES string of the molecule is CC/C=C\C/C=C\C/C=C\C/C=C\C/C=C\C/C=C\C/C=C\CCCCCCCCCCCCCCCCCCCCCC(=O)OC(COC(=O)CCCCCCCCCCCCCCCCCCC/C=C\C/C=C\CCCCCCC)COC(OCC[N+](C)(C)C)C(=O)O. The summed E-state index contributed by atoms with van der Waals surface area (Å²) in [5.74, 6) is -1.99. The highest BCUT2D eigenvalue weighted by Crippen LogP contribution is 2.19. The highest BCUT2D eigenvalue weighted by molar-refractivity contribution is 5.71. The fourth-order valence-electron chi connectivity index (χ4n) is 11.4. The molecular weight excluding hydrogens is 1170 g/mol. The van der Waals surface area contributed by atoms with Crippen molar-refractivity contribution < 1.29 is 42.9 Å². The summed E-state index contributed by atoms with van der Waals surface area (Å²) in [6.07, 6.45) is 104. The Hall–Kier alpha value is -4.05. The van der Waals surface area contributed by atoms with Crippen LogP contribution in [0.5, 0.6) is 0 Å². The van der Waals surface area contributed by atoms with Crippen molar-refractivity contribution >= 4 is 17.9 Å². The topological polar surface area (TPSA) is 108 Å². The van der Waals surface area contributed by atoms with Crippen LogP contribution in [-0.2, 0) is 33.3 Å². The zero-order chi connectivity index (χ0) is 69.0. The number of esters is 2. The summed E-state index contributed by atoms with van der Waals surface area (Å²) in [7, 11) is 5.99. The molecule has 0 rings (SSSR count). The molecule has 9 nitrogen and oxygen atoms in total. The van der Waals surface area contributed by atoms with Gasteiger partial charge in [-0.1, -0.05) is 354 Å². The van der Waals surface area contributed by atoms with Crippen molar-refractivity contribution in [2.75, 3.05) is 47.5 Å². The van der Waals surface area contributed by atoms with Crippen LogP contribution in [0.4, 0.5) is 0 Å².